The smallest absolute Gasteiger partial charge is 0.255 e. The summed E-state index contributed by atoms with van der Waals surface area (Å²) in [7, 11) is 0. The van der Waals surface area contributed by atoms with Crippen LogP contribution in [0.15, 0.2) is 12.3 Å². The number of imidazole rings is 1. The number of pyridine rings is 1. The minimum Gasteiger partial charge on any atom is -0.384 e. The van der Waals surface area contributed by atoms with Crippen LogP contribution in [0.2, 0.25) is 5.02 Å². The number of nitrogens with zero attached hydrogens (tertiary/aromatic N) is 3. The van der Waals surface area contributed by atoms with Crippen molar-refractivity contribution >= 4 is 34.8 Å². The predicted octanol–water partition coefficient (Wildman–Crippen LogP) is 3.19. The van der Waals surface area contributed by atoms with E-state index in [2.05, 4.69) is 15.2 Å². The zero-order chi connectivity index (χ0) is 22.1. The number of fused-ring (bicyclic) bond motifs is 1. The highest BCUT2D eigenvalue weighted by atomic mass is 35.5. The van der Waals surface area contributed by atoms with Gasteiger partial charge < -0.3 is 11.1 Å². The van der Waals surface area contributed by atoms with Crippen molar-refractivity contribution in [3.63, 3.8) is 0 Å². The van der Waals surface area contributed by atoms with Crippen molar-refractivity contribution < 1.29 is 9.59 Å². The van der Waals surface area contributed by atoms with Gasteiger partial charge in [0.25, 0.3) is 5.91 Å². The summed E-state index contributed by atoms with van der Waals surface area (Å²) in [5, 5.41) is 3.37. The number of carbonyl (C=O) groups excluding carboxylic acids is 2. The van der Waals surface area contributed by atoms with Gasteiger partial charge >= 0.3 is 0 Å². The van der Waals surface area contributed by atoms with Crippen molar-refractivity contribution in [3.05, 3.63) is 28.5 Å². The number of nitrogen functional groups attached to an aromatic ring is 1. The van der Waals surface area contributed by atoms with Crippen LogP contribution in [0.25, 0.3) is 5.65 Å². The van der Waals surface area contributed by atoms with Crippen LogP contribution in [0.5, 0.6) is 0 Å². The molecule has 0 saturated carbocycles. The molecule has 0 radical (unpaired) electrons. The normalized spacial score (nSPS) is 16.2. The Balaban J connectivity index is 1.59. The lowest BCUT2D eigenvalue weighted by atomic mass is 9.89. The number of piperidine rings is 1. The molecule has 0 spiro atoms. The fraction of sp³-hybridized carbons (Fsp3) is 0.591. The van der Waals surface area contributed by atoms with E-state index >= 15 is 0 Å². The molecule has 0 atom stereocenters. The monoisotopic (exact) mass is 433 g/mol. The van der Waals surface area contributed by atoms with Crippen LogP contribution in [-0.2, 0) is 11.2 Å². The molecule has 1 aliphatic heterocycles. The molecule has 8 heteroatoms. The number of aromatic nitrogens is 2. The molecule has 3 N–H and O–H groups in total. The van der Waals surface area contributed by atoms with Gasteiger partial charge in [-0.2, -0.15) is 0 Å². The number of nitrogens with one attached hydrogen (secondary N) is 1. The zero-order valence-corrected chi connectivity index (χ0v) is 19.1. The first-order valence-corrected chi connectivity index (χ1v) is 11.0. The molecule has 0 aliphatic carbocycles. The van der Waals surface area contributed by atoms with Crippen molar-refractivity contribution in [1.82, 2.24) is 19.6 Å². The maximum atomic E-state index is 12.9. The first kappa shape index (κ1) is 22.6. The van der Waals surface area contributed by atoms with E-state index in [1.54, 1.807) is 10.5 Å². The third-order valence-electron chi connectivity index (χ3n) is 5.84. The van der Waals surface area contributed by atoms with Gasteiger partial charge in [0.1, 0.15) is 5.82 Å². The topological polar surface area (TPSA) is 92.7 Å². The first-order chi connectivity index (χ1) is 14.1. The van der Waals surface area contributed by atoms with E-state index in [0.29, 0.717) is 41.1 Å². The van der Waals surface area contributed by atoms with Gasteiger partial charge in [-0.1, -0.05) is 39.3 Å². The summed E-state index contributed by atoms with van der Waals surface area (Å²) in [4.78, 5) is 31.9. The summed E-state index contributed by atoms with van der Waals surface area (Å²) in [6, 6.07) is 1.59. The Morgan fingerprint density at radius 3 is 2.57 bits per heavy atom. The summed E-state index contributed by atoms with van der Waals surface area (Å²) in [5.74, 6) is 0.846. The Kier molecular flexibility index (Phi) is 6.72. The van der Waals surface area contributed by atoms with E-state index < -0.39 is 0 Å². The number of likely N-dealkylation sites (tertiary alicyclic amines) is 1. The second-order valence-electron chi connectivity index (χ2n) is 9.17. The number of carbonyl (C=O) groups is 2. The Bertz CT molecular complexity index is 939. The lowest BCUT2D eigenvalue weighted by Crippen LogP contribution is -2.42. The van der Waals surface area contributed by atoms with Crippen LogP contribution in [0.4, 0.5) is 5.82 Å². The van der Waals surface area contributed by atoms with Crippen LogP contribution < -0.4 is 11.1 Å². The number of nitrogens with two attached hydrogens (primary N) is 1. The van der Waals surface area contributed by atoms with E-state index in [1.165, 1.54) is 0 Å². The highest BCUT2D eigenvalue weighted by Crippen LogP contribution is 2.25. The standard InChI is InChI=1S/C22H32ClN5O2/c1-5-15-12-28-19(24)17(23)10-16(20(28)26-15)21(30)25-11-14-6-8-27(9-7-14)13-18(29)22(2,3)4/h10,12,14H,5-9,11,13,24H2,1-4H3,(H,25,30). The van der Waals surface area contributed by atoms with Crippen LogP contribution >= 0.6 is 11.6 Å². The number of anilines is 1. The second-order valence-corrected chi connectivity index (χ2v) is 9.58. The number of rotatable bonds is 6. The van der Waals surface area contributed by atoms with Gasteiger partial charge in [0.15, 0.2) is 11.4 Å². The number of hydrogen-bond acceptors (Lipinski definition) is 5. The van der Waals surface area contributed by atoms with Crippen molar-refractivity contribution in [1.29, 1.82) is 0 Å². The lowest BCUT2D eigenvalue weighted by molar-refractivity contribution is -0.127. The molecule has 1 fully saturated rings. The lowest BCUT2D eigenvalue weighted by Gasteiger charge is -2.33. The van der Waals surface area contributed by atoms with Crippen LogP contribution in [0.1, 0.15) is 56.6 Å². The van der Waals surface area contributed by atoms with Crippen molar-refractivity contribution in [2.45, 2.75) is 47.0 Å². The second kappa shape index (κ2) is 8.94. The van der Waals surface area contributed by atoms with Gasteiger partial charge in [-0.25, -0.2) is 4.98 Å². The fourth-order valence-electron chi connectivity index (χ4n) is 3.64. The Morgan fingerprint density at radius 2 is 1.97 bits per heavy atom. The summed E-state index contributed by atoms with van der Waals surface area (Å²) < 4.78 is 1.68. The molecule has 1 saturated heterocycles. The third-order valence-corrected chi connectivity index (χ3v) is 6.14. The van der Waals surface area contributed by atoms with E-state index in [1.807, 2.05) is 33.9 Å². The largest absolute Gasteiger partial charge is 0.384 e. The number of halogens is 1. The predicted molar refractivity (Wildman–Crippen MR) is 120 cm³/mol. The third kappa shape index (κ3) is 4.95. The van der Waals surface area contributed by atoms with Gasteiger partial charge in [0.2, 0.25) is 0 Å². The van der Waals surface area contributed by atoms with E-state index in [-0.39, 0.29) is 17.1 Å². The van der Waals surface area contributed by atoms with Gasteiger partial charge in [0, 0.05) is 18.2 Å². The van der Waals surface area contributed by atoms with Crippen LogP contribution in [0.3, 0.4) is 0 Å². The molecule has 0 bridgehead atoms. The minimum absolute atomic E-state index is 0.194. The maximum Gasteiger partial charge on any atom is 0.255 e. The summed E-state index contributed by atoms with van der Waals surface area (Å²) in [5.41, 5.74) is 7.57. The van der Waals surface area contributed by atoms with Gasteiger partial charge in [-0.15, -0.1) is 0 Å². The molecule has 2 aromatic heterocycles. The van der Waals surface area contributed by atoms with Crippen molar-refractivity contribution in [2.24, 2.45) is 11.3 Å². The van der Waals surface area contributed by atoms with Crippen molar-refractivity contribution in [3.8, 4) is 0 Å². The highest BCUT2D eigenvalue weighted by Gasteiger charge is 2.27. The quantitative estimate of drug-likeness (QED) is 0.729. The van der Waals surface area contributed by atoms with Crippen LogP contribution in [0, 0.1) is 11.3 Å². The SMILES string of the molecule is CCc1cn2c(N)c(Cl)cc(C(=O)NCC3CCN(CC(=O)C(C)(C)C)CC3)c2n1. The molecule has 3 rings (SSSR count). The number of aryl methyl sites for hydroxylation is 1. The molecular formula is C22H32ClN5O2. The van der Waals surface area contributed by atoms with Gasteiger partial charge in [-0.05, 0) is 44.3 Å². The average molecular weight is 434 g/mol. The Labute approximate surface area is 183 Å². The number of hydrogen-bond donors (Lipinski definition) is 2. The molecule has 2 aromatic rings. The molecule has 7 nitrogen and oxygen atoms in total. The van der Waals surface area contributed by atoms with E-state index in [9.17, 15) is 9.59 Å². The van der Waals surface area contributed by atoms with Crippen molar-refractivity contribution in [2.75, 3.05) is 31.9 Å². The Hall–Kier alpha value is -2.12. The summed E-state index contributed by atoms with van der Waals surface area (Å²) in [6.45, 7) is 10.7. The van der Waals surface area contributed by atoms with Gasteiger partial charge in [0.05, 0.1) is 22.8 Å². The Morgan fingerprint density at radius 1 is 1.30 bits per heavy atom. The van der Waals surface area contributed by atoms with E-state index in [4.69, 9.17) is 17.3 Å². The summed E-state index contributed by atoms with van der Waals surface area (Å²) in [6.07, 6.45) is 4.48. The molecule has 0 unspecified atom stereocenters. The molecule has 1 amide bonds. The molecule has 164 valence electrons. The zero-order valence-electron chi connectivity index (χ0n) is 18.3. The fourth-order valence-corrected chi connectivity index (χ4v) is 3.84. The maximum absolute atomic E-state index is 12.9. The van der Waals surface area contributed by atoms with Gasteiger partial charge in [-0.3, -0.25) is 18.9 Å². The number of Topliss-reactive ketones (excluding diaryl/α,β-unsaturated/α-hetero) is 1. The molecule has 1 aliphatic rings. The number of ketones is 1. The summed E-state index contributed by atoms with van der Waals surface area (Å²) >= 11 is 6.24. The molecule has 0 aromatic carbocycles. The minimum atomic E-state index is -0.305. The first-order valence-electron chi connectivity index (χ1n) is 10.6. The van der Waals surface area contributed by atoms with Crippen LogP contribution in [-0.4, -0.2) is 52.2 Å². The molecule has 30 heavy (non-hydrogen) atoms. The average Bonchev–Trinajstić information content (AvgIpc) is 3.14. The highest BCUT2D eigenvalue weighted by molar-refractivity contribution is 6.33. The van der Waals surface area contributed by atoms with E-state index in [0.717, 1.165) is 38.0 Å². The number of amides is 1. The molecular weight excluding hydrogens is 402 g/mol. The molecule has 3 heterocycles.